The Morgan fingerprint density at radius 1 is 1.19 bits per heavy atom. The Morgan fingerprint density at radius 3 is 2.33 bits per heavy atom. The molecule has 0 radical (unpaired) electrons. The van der Waals surface area contributed by atoms with E-state index in [1.807, 2.05) is 0 Å². The molecule has 0 fully saturated rings. The summed E-state index contributed by atoms with van der Waals surface area (Å²) in [5.41, 5.74) is 0.0785. The molecule has 1 aromatic rings. The van der Waals surface area contributed by atoms with Gasteiger partial charge in [0.2, 0.25) is 10.0 Å². The first-order valence-corrected chi connectivity index (χ1v) is 7.78. The molecular weight excluding hydrogens is 296 g/mol. The number of carbonyl (C=O) groups is 2. The summed E-state index contributed by atoms with van der Waals surface area (Å²) in [7, 11) is -3.71. The van der Waals surface area contributed by atoms with E-state index in [-0.39, 0.29) is 16.5 Å². The Bertz CT molecular complexity index is 640. The topological polar surface area (TPSA) is 113 Å². The van der Waals surface area contributed by atoms with Gasteiger partial charge in [0.05, 0.1) is 4.90 Å². The summed E-state index contributed by atoms with van der Waals surface area (Å²) in [5.74, 6) is -1.82. The molecule has 8 heteroatoms. The number of carbonyl (C=O) groups excluding carboxylic acids is 1. The number of carboxylic acids is 1. The van der Waals surface area contributed by atoms with Crippen LogP contribution in [-0.4, -0.2) is 37.5 Å². The first-order valence-electron chi connectivity index (χ1n) is 6.29. The molecule has 0 aliphatic rings. The van der Waals surface area contributed by atoms with Crippen molar-refractivity contribution in [2.75, 3.05) is 0 Å². The van der Waals surface area contributed by atoms with Crippen LogP contribution in [0.3, 0.4) is 0 Å². The van der Waals surface area contributed by atoms with Gasteiger partial charge in [0.25, 0.3) is 5.91 Å². The summed E-state index contributed by atoms with van der Waals surface area (Å²) in [6, 6.07) is 4.07. The van der Waals surface area contributed by atoms with Gasteiger partial charge in [-0.25, -0.2) is 13.1 Å². The van der Waals surface area contributed by atoms with Crippen LogP contribution in [0.2, 0.25) is 0 Å². The lowest BCUT2D eigenvalue weighted by Gasteiger charge is -2.12. The highest BCUT2D eigenvalue weighted by Gasteiger charge is 2.19. The number of hydrogen-bond donors (Lipinski definition) is 3. The Hall–Kier alpha value is -1.93. The van der Waals surface area contributed by atoms with E-state index in [2.05, 4.69) is 10.0 Å². The maximum Gasteiger partial charge on any atom is 0.325 e. The number of rotatable bonds is 6. The van der Waals surface area contributed by atoms with E-state index < -0.39 is 27.9 Å². The number of benzene rings is 1. The highest BCUT2D eigenvalue weighted by molar-refractivity contribution is 7.89. The van der Waals surface area contributed by atoms with E-state index >= 15 is 0 Å². The lowest BCUT2D eigenvalue weighted by atomic mass is 10.2. The van der Waals surface area contributed by atoms with Crippen LogP contribution < -0.4 is 10.0 Å². The summed E-state index contributed by atoms with van der Waals surface area (Å²) in [6.07, 6.45) is 0. The molecule has 0 aromatic heterocycles. The molecular formula is C13H18N2O5S. The van der Waals surface area contributed by atoms with Gasteiger partial charge in [-0.1, -0.05) is 6.07 Å². The highest BCUT2D eigenvalue weighted by Crippen LogP contribution is 2.12. The van der Waals surface area contributed by atoms with E-state index in [1.165, 1.54) is 31.2 Å². The smallest absolute Gasteiger partial charge is 0.325 e. The van der Waals surface area contributed by atoms with Crippen LogP contribution >= 0.6 is 0 Å². The van der Waals surface area contributed by atoms with Crippen LogP contribution in [0.1, 0.15) is 31.1 Å². The molecule has 0 heterocycles. The summed E-state index contributed by atoms with van der Waals surface area (Å²) in [4.78, 5) is 22.5. The van der Waals surface area contributed by atoms with Crippen LogP contribution in [0.15, 0.2) is 29.2 Å². The number of sulfonamides is 1. The molecule has 3 N–H and O–H groups in total. The summed E-state index contributed by atoms with van der Waals surface area (Å²) >= 11 is 0. The SMILES string of the molecule is CC(C)NS(=O)(=O)c1cccc(C(=O)NC(C)C(=O)O)c1. The maximum absolute atomic E-state index is 12.0. The van der Waals surface area contributed by atoms with Crippen molar-refractivity contribution in [1.29, 1.82) is 0 Å². The standard InChI is InChI=1S/C13H18N2O5S/c1-8(2)15-21(19,20)11-6-4-5-10(7-11)12(16)14-9(3)13(17)18/h4-9,15H,1-3H3,(H,14,16)(H,17,18). The lowest BCUT2D eigenvalue weighted by molar-refractivity contribution is -0.138. The van der Waals surface area contributed by atoms with Crippen LogP contribution in [0.25, 0.3) is 0 Å². The number of nitrogens with one attached hydrogen (secondary N) is 2. The van der Waals surface area contributed by atoms with Gasteiger partial charge in [0.1, 0.15) is 6.04 Å². The van der Waals surface area contributed by atoms with E-state index in [4.69, 9.17) is 5.11 Å². The molecule has 1 rings (SSSR count). The van der Waals surface area contributed by atoms with Crippen molar-refractivity contribution >= 4 is 21.9 Å². The highest BCUT2D eigenvalue weighted by atomic mass is 32.2. The quantitative estimate of drug-likeness (QED) is 0.711. The monoisotopic (exact) mass is 314 g/mol. The minimum atomic E-state index is -3.71. The van der Waals surface area contributed by atoms with E-state index in [0.29, 0.717) is 0 Å². The average molecular weight is 314 g/mol. The summed E-state index contributed by atoms with van der Waals surface area (Å²) < 4.78 is 26.4. The Kier molecular flexibility index (Phi) is 5.45. The number of aliphatic carboxylic acids is 1. The Morgan fingerprint density at radius 2 is 1.81 bits per heavy atom. The molecule has 1 aromatic carbocycles. The van der Waals surface area contributed by atoms with Gasteiger partial charge < -0.3 is 10.4 Å². The van der Waals surface area contributed by atoms with Crippen LogP contribution in [-0.2, 0) is 14.8 Å². The molecule has 0 spiro atoms. The minimum absolute atomic E-state index is 0.0492. The molecule has 0 aliphatic carbocycles. The molecule has 1 amide bonds. The Balaban J connectivity index is 3.01. The largest absolute Gasteiger partial charge is 0.480 e. The number of amides is 1. The molecule has 0 saturated carbocycles. The number of hydrogen-bond acceptors (Lipinski definition) is 4. The molecule has 0 saturated heterocycles. The average Bonchev–Trinajstić information content (AvgIpc) is 2.37. The number of carboxylic acid groups (broad SMARTS) is 1. The van der Waals surface area contributed by atoms with Gasteiger partial charge in [-0.2, -0.15) is 0 Å². The fraction of sp³-hybridized carbons (Fsp3) is 0.385. The normalized spacial score (nSPS) is 13.0. The van der Waals surface area contributed by atoms with Crippen molar-refractivity contribution in [3.8, 4) is 0 Å². The molecule has 1 unspecified atom stereocenters. The van der Waals surface area contributed by atoms with Crippen molar-refractivity contribution in [2.24, 2.45) is 0 Å². The Labute approximate surface area is 123 Å². The second-order valence-corrected chi connectivity index (χ2v) is 6.55. The predicted molar refractivity (Wildman–Crippen MR) is 76.5 cm³/mol. The van der Waals surface area contributed by atoms with E-state index in [1.54, 1.807) is 13.8 Å². The van der Waals surface area contributed by atoms with Crippen molar-refractivity contribution < 1.29 is 23.1 Å². The van der Waals surface area contributed by atoms with Crippen LogP contribution in [0.4, 0.5) is 0 Å². The van der Waals surface area contributed by atoms with Gasteiger partial charge in [-0.05, 0) is 39.0 Å². The third-order valence-electron chi connectivity index (χ3n) is 2.52. The third kappa shape index (κ3) is 4.83. The molecule has 116 valence electrons. The van der Waals surface area contributed by atoms with E-state index in [0.717, 1.165) is 0 Å². The zero-order chi connectivity index (χ0) is 16.2. The van der Waals surface area contributed by atoms with Crippen molar-refractivity contribution in [3.05, 3.63) is 29.8 Å². The maximum atomic E-state index is 12.0. The minimum Gasteiger partial charge on any atom is -0.480 e. The van der Waals surface area contributed by atoms with Gasteiger partial charge in [-0.3, -0.25) is 9.59 Å². The molecule has 7 nitrogen and oxygen atoms in total. The van der Waals surface area contributed by atoms with Gasteiger partial charge >= 0.3 is 5.97 Å². The zero-order valence-corrected chi connectivity index (χ0v) is 12.8. The van der Waals surface area contributed by atoms with Gasteiger partial charge in [0, 0.05) is 11.6 Å². The van der Waals surface area contributed by atoms with Crippen molar-refractivity contribution in [1.82, 2.24) is 10.0 Å². The lowest BCUT2D eigenvalue weighted by Crippen LogP contribution is -2.38. The summed E-state index contributed by atoms with van der Waals surface area (Å²) in [5, 5.41) is 11.0. The first-order chi connectivity index (χ1) is 9.63. The zero-order valence-electron chi connectivity index (χ0n) is 12.0. The molecule has 0 bridgehead atoms. The third-order valence-corrected chi connectivity index (χ3v) is 4.17. The molecule has 0 aliphatic heterocycles. The van der Waals surface area contributed by atoms with Crippen molar-refractivity contribution in [2.45, 2.75) is 37.8 Å². The molecule has 1 atom stereocenters. The van der Waals surface area contributed by atoms with Gasteiger partial charge in [-0.15, -0.1) is 0 Å². The van der Waals surface area contributed by atoms with Crippen LogP contribution in [0, 0.1) is 0 Å². The van der Waals surface area contributed by atoms with Crippen LogP contribution in [0.5, 0.6) is 0 Å². The van der Waals surface area contributed by atoms with Gasteiger partial charge in [0.15, 0.2) is 0 Å². The fourth-order valence-electron chi connectivity index (χ4n) is 1.52. The second-order valence-electron chi connectivity index (χ2n) is 4.84. The first kappa shape index (κ1) is 17.1. The summed E-state index contributed by atoms with van der Waals surface area (Å²) in [6.45, 7) is 4.69. The fourth-order valence-corrected chi connectivity index (χ4v) is 2.82. The van der Waals surface area contributed by atoms with Crippen molar-refractivity contribution in [3.63, 3.8) is 0 Å². The second kappa shape index (κ2) is 6.68. The molecule has 21 heavy (non-hydrogen) atoms. The van der Waals surface area contributed by atoms with E-state index in [9.17, 15) is 18.0 Å². The predicted octanol–water partition coefficient (Wildman–Crippen LogP) is 0.576.